The molecule has 0 aromatic heterocycles. The zero-order chi connectivity index (χ0) is 13.6. The van der Waals surface area contributed by atoms with E-state index in [-0.39, 0.29) is 36.4 Å². The number of hydrogen-bond acceptors (Lipinski definition) is 4. The number of nitrogens with one attached hydrogen (secondary N) is 2. The second-order valence-electron chi connectivity index (χ2n) is 5.93. The number of rotatable bonds is 2. The molecule has 1 amide bonds. The fourth-order valence-electron chi connectivity index (χ4n) is 3.40. The molecule has 2 aliphatic heterocycles. The normalized spacial score (nSPS) is 24.3. The molecule has 1 spiro atoms. The molecule has 2 heterocycles. The number of carbonyl (C=O) groups excluding carboxylic acids is 1. The molecule has 1 atom stereocenters. The third kappa shape index (κ3) is 2.56. The van der Waals surface area contributed by atoms with Crippen molar-refractivity contribution in [3.8, 4) is 11.5 Å². The second kappa shape index (κ2) is 5.39. The summed E-state index contributed by atoms with van der Waals surface area (Å²) in [5.41, 5.74) is 1.06. The van der Waals surface area contributed by atoms with Crippen molar-refractivity contribution >= 4 is 24.0 Å². The summed E-state index contributed by atoms with van der Waals surface area (Å²) in [4.78, 5) is 12.3. The summed E-state index contributed by atoms with van der Waals surface area (Å²) in [6.45, 7) is 2.33. The van der Waals surface area contributed by atoms with Gasteiger partial charge in [-0.3, -0.25) is 4.79 Å². The Morgan fingerprint density at radius 1 is 1.24 bits per heavy atom. The van der Waals surface area contributed by atoms with E-state index in [9.17, 15) is 4.79 Å². The average Bonchev–Trinajstić information content (AvgIpc) is 2.96. The lowest BCUT2D eigenvalue weighted by Crippen LogP contribution is -2.31. The van der Waals surface area contributed by atoms with Gasteiger partial charge in [0.2, 0.25) is 12.7 Å². The van der Waals surface area contributed by atoms with Crippen molar-refractivity contribution in [2.45, 2.75) is 19.3 Å². The molecule has 4 rings (SSSR count). The maximum Gasteiger partial charge on any atom is 0.231 e. The lowest BCUT2D eigenvalue weighted by molar-refractivity contribution is -0.118. The number of amides is 1. The van der Waals surface area contributed by atoms with E-state index in [1.54, 1.807) is 0 Å². The molecule has 3 aliphatic rings. The molecule has 1 aromatic carbocycles. The Hall–Kier alpha value is -1.46. The Kier molecular flexibility index (Phi) is 3.71. The summed E-state index contributed by atoms with van der Waals surface area (Å²) in [6, 6.07) is 5.53. The minimum absolute atomic E-state index is 0. The van der Waals surface area contributed by atoms with Crippen LogP contribution in [0.3, 0.4) is 0 Å². The highest BCUT2D eigenvalue weighted by Crippen LogP contribution is 2.58. The maximum absolute atomic E-state index is 12.3. The Morgan fingerprint density at radius 3 is 2.81 bits per heavy atom. The molecule has 5 nitrogen and oxygen atoms in total. The standard InChI is InChI=1S/C15H18N2O3.ClH/c18-14(11-8-15(11)3-5-16-6-4-15)17-10-1-2-12-13(7-10)20-9-19-12;/h1-2,7,11,16H,3-6,8-9H2,(H,17,18);1H. The van der Waals surface area contributed by atoms with Crippen molar-refractivity contribution in [1.82, 2.24) is 5.32 Å². The number of benzene rings is 1. The van der Waals surface area contributed by atoms with Gasteiger partial charge >= 0.3 is 0 Å². The average molecular weight is 311 g/mol. The Bertz CT molecular complexity index is 558. The highest BCUT2D eigenvalue weighted by Gasteiger charge is 2.57. The number of fused-ring (bicyclic) bond motifs is 1. The van der Waals surface area contributed by atoms with Crippen molar-refractivity contribution in [2.75, 3.05) is 25.2 Å². The van der Waals surface area contributed by atoms with Crippen LogP contribution >= 0.6 is 12.4 Å². The highest BCUT2D eigenvalue weighted by molar-refractivity contribution is 5.95. The van der Waals surface area contributed by atoms with Crippen molar-refractivity contribution in [3.05, 3.63) is 18.2 Å². The largest absolute Gasteiger partial charge is 0.454 e. The van der Waals surface area contributed by atoms with E-state index in [0.717, 1.165) is 43.8 Å². The summed E-state index contributed by atoms with van der Waals surface area (Å²) in [5.74, 6) is 1.76. The van der Waals surface area contributed by atoms with Crippen molar-refractivity contribution in [3.63, 3.8) is 0 Å². The monoisotopic (exact) mass is 310 g/mol. The number of anilines is 1. The molecule has 0 bridgehead atoms. The molecular weight excluding hydrogens is 292 g/mol. The molecule has 1 saturated carbocycles. The summed E-state index contributed by atoms with van der Waals surface area (Å²) in [6.07, 6.45) is 3.27. The lowest BCUT2D eigenvalue weighted by atomic mass is 9.92. The molecule has 114 valence electrons. The number of piperidine rings is 1. The van der Waals surface area contributed by atoms with Gasteiger partial charge in [0.25, 0.3) is 0 Å². The van der Waals surface area contributed by atoms with Crippen LogP contribution in [0.4, 0.5) is 5.69 Å². The number of carbonyl (C=O) groups is 1. The lowest BCUT2D eigenvalue weighted by Gasteiger charge is -2.23. The van der Waals surface area contributed by atoms with Crippen LogP contribution in [0.5, 0.6) is 11.5 Å². The first kappa shape index (κ1) is 14.5. The van der Waals surface area contributed by atoms with Crippen LogP contribution in [0.25, 0.3) is 0 Å². The van der Waals surface area contributed by atoms with Crippen LogP contribution in [0.15, 0.2) is 18.2 Å². The van der Waals surface area contributed by atoms with Crippen LogP contribution in [-0.2, 0) is 4.79 Å². The van der Waals surface area contributed by atoms with Crippen molar-refractivity contribution in [2.24, 2.45) is 11.3 Å². The molecule has 2 fully saturated rings. The van der Waals surface area contributed by atoms with E-state index in [1.165, 1.54) is 0 Å². The number of halogens is 1. The zero-order valence-corrected chi connectivity index (χ0v) is 12.5. The van der Waals surface area contributed by atoms with E-state index in [0.29, 0.717) is 5.75 Å². The molecule has 21 heavy (non-hydrogen) atoms. The maximum atomic E-state index is 12.3. The summed E-state index contributed by atoms with van der Waals surface area (Å²) in [7, 11) is 0. The zero-order valence-electron chi connectivity index (χ0n) is 11.7. The predicted molar refractivity (Wildman–Crippen MR) is 81.1 cm³/mol. The SMILES string of the molecule is Cl.O=C(Nc1ccc2c(c1)OCO2)C1CC12CCNCC2. The Balaban J connectivity index is 0.00000132. The fourth-order valence-corrected chi connectivity index (χ4v) is 3.40. The van der Waals surface area contributed by atoms with Gasteiger partial charge in [-0.25, -0.2) is 0 Å². The minimum atomic E-state index is 0. The predicted octanol–water partition coefficient (Wildman–Crippen LogP) is 2.17. The van der Waals surface area contributed by atoms with E-state index < -0.39 is 0 Å². The van der Waals surface area contributed by atoms with E-state index in [1.807, 2.05) is 18.2 Å². The van der Waals surface area contributed by atoms with Gasteiger partial charge in [-0.2, -0.15) is 0 Å². The van der Waals surface area contributed by atoms with Crippen LogP contribution < -0.4 is 20.1 Å². The van der Waals surface area contributed by atoms with Crippen LogP contribution in [-0.4, -0.2) is 25.8 Å². The van der Waals surface area contributed by atoms with Crippen LogP contribution in [0.2, 0.25) is 0 Å². The smallest absolute Gasteiger partial charge is 0.231 e. The quantitative estimate of drug-likeness (QED) is 0.879. The first-order chi connectivity index (χ1) is 9.77. The molecule has 6 heteroatoms. The molecular formula is C15H19ClN2O3. The fraction of sp³-hybridized carbons (Fsp3) is 0.533. The van der Waals surface area contributed by atoms with Gasteiger partial charge in [-0.05, 0) is 49.9 Å². The Morgan fingerprint density at radius 2 is 2.00 bits per heavy atom. The molecule has 1 aromatic rings. The van der Waals surface area contributed by atoms with E-state index in [4.69, 9.17) is 9.47 Å². The van der Waals surface area contributed by atoms with Crippen molar-refractivity contribution < 1.29 is 14.3 Å². The van der Waals surface area contributed by atoms with Gasteiger partial charge in [0, 0.05) is 17.7 Å². The van der Waals surface area contributed by atoms with Crippen LogP contribution in [0.1, 0.15) is 19.3 Å². The second-order valence-corrected chi connectivity index (χ2v) is 5.93. The molecule has 1 saturated heterocycles. The van der Waals surface area contributed by atoms with E-state index in [2.05, 4.69) is 10.6 Å². The van der Waals surface area contributed by atoms with Gasteiger partial charge in [0.1, 0.15) is 0 Å². The van der Waals surface area contributed by atoms with Crippen molar-refractivity contribution in [1.29, 1.82) is 0 Å². The minimum Gasteiger partial charge on any atom is -0.454 e. The van der Waals surface area contributed by atoms with E-state index >= 15 is 0 Å². The first-order valence-corrected chi connectivity index (χ1v) is 7.18. The molecule has 2 N–H and O–H groups in total. The van der Waals surface area contributed by atoms with Gasteiger partial charge in [-0.1, -0.05) is 0 Å². The van der Waals surface area contributed by atoms with Gasteiger partial charge in [0.05, 0.1) is 0 Å². The highest BCUT2D eigenvalue weighted by atomic mass is 35.5. The first-order valence-electron chi connectivity index (χ1n) is 7.18. The number of hydrogen-bond donors (Lipinski definition) is 2. The number of ether oxygens (including phenoxy) is 2. The summed E-state index contributed by atoms with van der Waals surface area (Å²) >= 11 is 0. The van der Waals surface area contributed by atoms with Crippen LogP contribution in [0, 0.1) is 11.3 Å². The Labute approximate surface area is 129 Å². The summed E-state index contributed by atoms with van der Waals surface area (Å²) < 4.78 is 10.6. The molecule has 1 aliphatic carbocycles. The third-order valence-corrected chi connectivity index (χ3v) is 4.75. The van der Waals surface area contributed by atoms with Gasteiger partial charge < -0.3 is 20.1 Å². The molecule has 0 radical (unpaired) electrons. The summed E-state index contributed by atoms with van der Waals surface area (Å²) in [5, 5.41) is 6.37. The third-order valence-electron chi connectivity index (χ3n) is 4.75. The topological polar surface area (TPSA) is 59.6 Å². The molecule has 1 unspecified atom stereocenters. The van der Waals surface area contributed by atoms with Gasteiger partial charge in [-0.15, -0.1) is 12.4 Å². The van der Waals surface area contributed by atoms with Gasteiger partial charge in [0.15, 0.2) is 11.5 Å².